The van der Waals surface area contributed by atoms with Crippen LogP contribution in [0.2, 0.25) is 0 Å². The monoisotopic (exact) mass is 416 g/mol. The van der Waals surface area contributed by atoms with Gasteiger partial charge < -0.3 is 35.0 Å². The van der Waals surface area contributed by atoms with E-state index in [0.29, 0.717) is 5.56 Å². The first kappa shape index (κ1) is 20.0. The van der Waals surface area contributed by atoms with E-state index >= 15 is 0 Å². The molecule has 1 fully saturated rings. The van der Waals surface area contributed by atoms with E-state index in [1.807, 2.05) is 0 Å². The number of aromatic hydroxyl groups is 5. The first-order valence-corrected chi connectivity index (χ1v) is 10.0. The van der Waals surface area contributed by atoms with Crippen molar-refractivity contribution in [3.8, 4) is 34.5 Å². The summed E-state index contributed by atoms with van der Waals surface area (Å²) >= 11 is 0. The summed E-state index contributed by atoms with van der Waals surface area (Å²) in [6.45, 7) is 0. The van der Waals surface area contributed by atoms with Crippen molar-refractivity contribution in [3.05, 3.63) is 35.4 Å². The number of carbonyl (C=O) groups is 1. The van der Waals surface area contributed by atoms with Crippen LogP contribution in [0.1, 0.15) is 49.3 Å². The van der Waals surface area contributed by atoms with Crippen LogP contribution in [0.4, 0.5) is 0 Å². The highest BCUT2D eigenvalue weighted by Gasteiger charge is 2.38. The maximum atomic E-state index is 12.8. The Hall–Kier alpha value is -3.29. The zero-order valence-corrected chi connectivity index (χ0v) is 16.2. The predicted molar refractivity (Wildman–Crippen MR) is 105 cm³/mol. The topological polar surface area (TPSA) is 137 Å². The molecule has 0 radical (unpaired) electrons. The number of phenols is 5. The minimum absolute atomic E-state index is 0.118. The zero-order chi connectivity index (χ0) is 21.4. The molecule has 2 aliphatic rings. The molecule has 0 saturated heterocycles. The summed E-state index contributed by atoms with van der Waals surface area (Å²) in [7, 11) is 0. The van der Waals surface area contributed by atoms with Gasteiger partial charge in [-0.25, -0.2) is 0 Å². The van der Waals surface area contributed by atoms with Gasteiger partial charge in [-0.05, 0) is 25.0 Å². The van der Waals surface area contributed by atoms with Gasteiger partial charge in [0.15, 0.2) is 23.4 Å². The van der Waals surface area contributed by atoms with Crippen molar-refractivity contribution in [1.29, 1.82) is 0 Å². The molecule has 30 heavy (non-hydrogen) atoms. The fourth-order valence-electron chi connectivity index (χ4n) is 4.21. The lowest BCUT2D eigenvalue weighted by Crippen LogP contribution is -2.36. The van der Waals surface area contributed by atoms with E-state index in [0.717, 1.165) is 32.1 Å². The highest BCUT2D eigenvalue weighted by atomic mass is 16.6. The van der Waals surface area contributed by atoms with E-state index in [1.54, 1.807) is 0 Å². The van der Waals surface area contributed by atoms with Crippen LogP contribution in [-0.4, -0.2) is 37.6 Å². The third-order valence-electron chi connectivity index (χ3n) is 5.79. The molecule has 5 N–H and O–H groups in total. The Morgan fingerprint density at radius 3 is 2.23 bits per heavy atom. The minimum Gasteiger partial charge on any atom is -0.508 e. The molecule has 0 spiro atoms. The van der Waals surface area contributed by atoms with Crippen LogP contribution >= 0.6 is 0 Å². The zero-order valence-electron chi connectivity index (χ0n) is 16.2. The summed E-state index contributed by atoms with van der Waals surface area (Å²) in [5.74, 6) is -2.47. The van der Waals surface area contributed by atoms with Gasteiger partial charge in [0.1, 0.15) is 23.4 Å². The number of phenolic OH excluding ortho intramolecular Hbond substituents is 5. The standard InChI is InChI=1S/C22H24O8/c23-13-8-15(24)14-10-19(30-22(28)11-4-2-1-3-5-11)21(29-18(14)9-13)12-6-16(25)20(27)17(26)7-12/h6-9,11,19,21,23-27H,1-5,10H2/t19-,21-/m1/s1. The largest absolute Gasteiger partial charge is 0.508 e. The molecule has 1 heterocycles. The molecular formula is C22H24O8. The number of hydrogen-bond acceptors (Lipinski definition) is 8. The fraction of sp³-hybridized carbons (Fsp3) is 0.409. The predicted octanol–water partition coefficient (Wildman–Crippen LogP) is 3.38. The fourth-order valence-corrected chi connectivity index (χ4v) is 4.21. The van der Waals surface area contributed by atoms with E-state index in [4.69, 9.17) is 9.47 Å². The van der Waals surface area contributed by atoms with Gasteiger partial charge in [-0.1, -0.05) is 19.3 Å². The van der Waals surface area contributed by atoms with Gasteiger partial charge in [0.25, 0.3) is 0 Å². The van der Waals surface area contributed by atoms with Crippen molar-refractivity contribution in [1.82, 2.24) is 0 Å². The van der Waals surface area contributed by atoms with Gasteiger partial charge >= 0.3 is 5.97 Å². The molecule has 0 bridgehead atoms. The number of fused-ring (bicyclic) bond motifs is 1. The Morgan fingerprint density at radius 1 is 0.900 bits per heavy atom. The number of carbonyl (C=O) groups excluding carboxylic acids is 1. The number of ether oxygens (including phenoxy) is 2. The maximum absolute atomic E-state index is 12.8. The molecule has 0 aromatic heterocycles. The average molecular weight is 416 g/mol. The van der Waals surface area contributed by atoms with Gasteiger partial charge in [0.2, 0.25) is 0 Å². The lowest BCUT2D eigenvalue weighted by molar-refractivity contribution is -0.161. The normalized spacial score (nSPS) is 21.5. The highest BCUT2D eigenvalue weighted by molar-refractivity contribution is 5.73. The average Bonchev–Trinajstić information content (AvgIpc) is 2.72. The molecule has 8 nitrogen and oxygen atoms in total. The molecule has 1 saturated carbocycles. The van der Waals surface area contributed by atoms with Crippen molar-refractivity contribution in [3.63, 3.8) is 0 Å². The maximum Gasteiger partial charge on any atom is 0.309 e. The van der Waals surface area contributed by atoms with Gasteiger partial charge in [-0.15, -0.1) is 0 Å². The first-order chi connectivity index (χ1) is 14.3. The number of hydrogen-bond donors (Lipinski definition) is 5. The van der Waals surface area contributed by atoms with Crippen LogP contribution < -0.4 is 4.74 Å². The number of rotatable bonds is 3. The Kier molecular flexibility index (Phi) is 5.24. The molecule has 1 aliphatic heterocycles. The third-order valence-corrected chi connectivity index (χ3v) is 5.79. The van der Waals surface area contributed by atoms with E-state index in [-0.39, 0.29) is 41.1 Å². The van der Waals surface area contributed by atoms with Crippen molar-refractivity contribution < 1.29 is 39.8 Å². The van der Waals surface area contributed by atoms with Crippen LogP contribution in [0.5, 0.6) is 34.5 Å². The van der Waals surface area contributed by atoms with Gasteiger partial charge in [-0.3, -0.25) is 4.79 Å². The van der Waals surface area contributed by atoms with Crippen molar-refractivity contribution >= 4 is 5.97 Å². The minimum atomic E-state index is -0.927. The number of esters is 1. The van der Waals surface area contributed by atoms with Crippen molar-refractivity contribution in [2.45, 2.75) is 50.7 Å². The highest BCUT2D eigenvalue weighted by Crippen LogP contribution is 2.45. The second kappa shape index (κ2) is 7.85. The van der Waals surface area contributed by atoms with Crippen LogP contribution in [0.25, 0.3) is 0 Å². The van der Waals surface area contributed by atoms with E-state index in [9.17, 15) is 30.3 Å². The summed E-state index contributed by atoms with van der Waals surface area (Å²) in [5, 5.41) is 49.5. The second-order valence-corrected chi connectivity index (χ2v) is 7.90. The van der Waals surface area contributed by atoms with Gasteiger partial charge in [0.05, 0.1) is 5.92 Å². The van der Waals surface area contributed by atoms with E-state index in [1.165, 1.54) is 24.3 Å². The van der Waals surface area contributed by atoms with Crippen LogP contribution in [0.15, 0.2) is 24.3 Å². The van der Waals surface area contributed by atoms with Gasteiger partial charge in [-0.2, -0.15) is 0 Å². The molecule has 2 aromatic rings. The molecule has 2 atom stereocenters. The van der Waals surface area contributed by atoms with Crippen LogP contribution in [0.3, 0.4) is 0 Å². The molecular weight excluding hydrogens is 392 g/mol. The second-order valence-electron chi connectivity index (χ2n) is 7.90. The Balaban J connectivity index is 1.69. The van der Waals surface area contributed by atoms with Crippen LogP contribution in [-0.2, 0) is 16.0 Å². The Morgan fingerprint density at radius 2 is 1.57 bits per heavy atom. The molecule has 0 amide bonds. The summed E-state index contributed by atoms with van der Waals surface area (Å²) in [6, 6.07) is 4.95. The smallest absolute Gasteiger partial charge is 0.309 e. The lowest BCUT2D eigenvalue weighted by Gasteiger charge is -2.35. The summed E-state index contributed by atoms with van der Waals surface area (Å²) in [5.41, 5.74) is 0.662. The molecule has 8 heteroatoms. The molecule has 2 aromatic carbocycles. The molecule has 1 aliphatic carbocycles. The Labute approximate surface area is 172 Å². The van der Waals surface area contributed by atoms with E-state index in [2.05, 4.69) is 0 Å². The van der Waals surface area contributed by atoms with E-state index < -0.39 is 29.5 Å². The van der Waals surface area contributed by atoms with Gasteiger partial charge in [0, 0.05) is 29.7 Å². The first-order valence-electron chi connectivity index (χ1n) is 10.0. The summed E-state index contributed by atoms with van der Waals surface area (Å²) in [4.78, 5) is 12.8. The van der Waals surface area contributed by atoms with Crippen molar-refractivity contribution in [2.75, 3.05) is 0 Å². The quantitative estimate of drug-likeness (QED) is 0.379. The van der Waals surface area contributed by atoms with Crippen molar-refractivity contribution in [2.24, 2.45) is 5.92 Å². The lowest BCUT2D eigenvalue weighted by atomic mass is 9.89. The summed E-state index contributed by atoms with van der Waals surface area (Å²) < 4.78 is 11.7. The molecule has 0 unspecified atom stereocenters. The third kappa shape index (κ3) is 3.77. The molecule has 4 rings (SSSR count). The molecule has 160 valence electrons. The SMILES string of the molecule is O=C(O[C@@H]1Cc2c(O)cc(O)cc2O[C@@H]1c1cc(O)c(O)c(O)c1)C1CCCCC1. The number of benzene rings is 2. The Bertz CT molecular complexity index is 941. The summed E-state index contributed by atoms with van der Waals surface area (Å²) in [6.07, 6.45) is 2.89. The van der Waals surface area contributed by atoms with Crippen LogP contribution in [0, 0.1) is 5.92 Å².